The maximum atomic E-state index is 13.9. The highest BCUT2D eigenvalue weighted by molar-refractivity contribution is 5.94. The van der Waals surface area contributed by atoms with Crippen LogP contribution in [0.25, 0.3) is 0 Å². The summed E-state index contributed by atoms with van der Waals surface area (Å²) in [7, 11) is 0. The van der Waals surface area contributed by atoms with Crippen LogP contribution < -0.4 is 10.2 Å². The van der Waals surface area contributed by atoms with Gasteiger partial charge in [0.25, 0.3) is 5.91 Å². The van der Waals surface area contributed by atoms with Crippen molar-refractivity contribution < 1.29 is 14.1 Å². The first-order valence-corrected chi connectivity index (χ1v) is 10.1. The van der Waals surface area contributed by atoms with Gasteiger partial charge in [0, 0.05) is 18.9 Å². The maximum absolute atomic E-state index is 13.9. The number of piperidine rings is 2. The molecule has 2 heterocycles. The molecule has 1 saturated carbocycles. The van der Waals surface area contributed by atoms with Gasteiger partial charge in [0.05, 0.1) is 23.7 Å². The molecule has 3 nitrogen and oxygen atoms in total. The van der Waals surface area contributed by atoms with Gasteiger partial charge in [-0.05, 0) is 57.1 Å². The van der Waals surface area contributed by atoms with E-state index in [-0.39, 0.29) is 17.5 Å². The predicted octanol–water partition coefficient (Wildman–Crippen LogP) is 2.86. The monoisotopic (exact) mass is 345 g/mol. The van der Waals surface area contributed by atoms with E-state index in [1.165, 1.54) is 57.4 Å². The van der Waals surface area contributed by atoms with E-state index in [0.717, 1.165) is 18.9 Å². The summed E-state index contributed by atoms with van der Waals surface area (Å²) in [4.78, 5) is 14.3. The second-order valence-corrected chi connectivity index (χ2v) is 8.28. The first kappa shape index (κ1) is 17.0. The number of hydrogen-bond donors (Lipinski definition) is 2. The molecule has 2 bridgehead atoms. The third-order valence-corrected chi connectivity index (χ3v) is 6.72. The second kappa shape index (κ2) is 7.45. The summed E-state index contributed by atoms with van der Waals surface area (Å²) >= 11 is 0. The Bertz CT molecular complexity index is 600. The number of carbonyl (C=O) groups is 1. The Morgan fingerprint density at radius 1 is 0.920 bits per heavy atom. The Hall–Kier alpha value is -1.42. The van der Waals surface area contributed by atoms with E-state index in [4.69, 9.17) is 0 Å². The summed E-state index contributed by atoms with van der Waals surface area (Å²) in [5.74, 6) is -0.673. The number of rotatable bonds is 3. The molecule has 4 rings (SSSR count). The van der Waals surface area contributed by atoms with Crippen molar-refractivity contribution in [3.05, 3.63) is 35.6 Å². The van der Waals surface area contributed by atoms with E-state index in [9.17, 15) is 9.18 Å². The first-order valence-electron chi connectivity index (χ1n) is 10.1. The molecular formula is C21H30FN2O+. The van der Waals surface area contributed by atoms with E-state index in [0.29, 0.717) is 12.1 Å². The van der Waals surface area contributed by atoms with Gasteiger partial charge >= 0.3 is 0 Å². The van der Waals surface area contributed by atoms with Crippen LogP contribution in [0.4, 0.5) is 4.39 Å². The summed E-state index contributed by atoms with van der Waals surface area (Å²) < 4.78 is 13.9. The van der Waals surface area contributed by atoms with Crippen LogP contribution in [-0.2, 0) is 0 Å². The minimum absolute atomic E-state index is 0.176. The first-order chi connectivity index (χ1) is 12.2. The predicted molar refractivity (Wildman–Crippen MR) is 96.2 cm³/mol. The summed E-state index contributed by atoms with van der Waals surface area (Å²) in [6, 6.07) is 8.70. The van der Waals surface area contributed by atoms with Crippen LogP contribution in [0.5, 0.6) is 0 Å². The van der Waals surface area contributed by atoms with Crippen LogP contribution in [0, 0.1) is 5.82 Å². The topological polar surface area (TPSA) is 33.5 Å². The lowest BCUT2D eigenvalue weighted by Gasteiger charge is -2.50. The highest BCUT2D eigenvalue weighted by Gasteiger charge is 2.45. The quantitative estimate of drug-likeness (QED) is 0.868. The zero-order chi connectivity index (χ0) is 17.2. The van der Waals surface area contributed by atoms with Crippen molar-refractivity contribution in [1.82, 2.24) is 5.32 Å². The standard InChI is InChI=1S/C21H29FN2O/c22-20-12-5-4-11-19(20)21(25)23-15-13-17-9-6-10-18(14-15)24(17)16-7-2-1-3-8-16/h4-5,11-12,15-18H,1-3,6-10,13-14H2,(H,23,25)/p+1/t17-,18-/m1/s1. The molecular weight excluding hydrogens is 315 g/mol. The Kier molecular flexibility index (Phi) is 5.07. The lowest BCUT2D eigenvalue weighted by atomic mass is 9.78. The van der Waals surface area contributed by atoms with Gasteiger partial charge in [-0.25, -0.2) is 4.39 Å². The molecule has 1 aromatic carbocycles. The summed E-state index contributed by atoms with van der Waals surface area (Å²) in [6.07, 6.45) is 13.0. The molecule has 1 aromatic rings. The smallest absolute Gasteiger partial charge is 0.254 e. The molecule has 25 heavy (non-hydrogen) atoms. The highest BCUT2D eigenvalue weighted by atomic mass is 19.1. The maximum Gasteiger partial charge on any atom is 0.254 e. The molecule has 2 saturated heterocycles. The molecule has 4 heteroatoms. The molecule has 3 fully saturated rings. The number of benzene rings is 1. The number of quaternary nitrogens is 1. The molecule has 0 spiro atoms. The van der Waals surface area contributed by atoms with Crippen LogP contribution in [0.2, 0.25) is 0 Å². The van der Waals surface area contributed by atoms with Crippen molar-refractivity contribution in [1.29, 1.82) is 0 Å². The summed E-state index contributed by atoms with van der Waals surface area (Å²) in [6.45, 7) is 0. The summed E-state index contributed by atoms with van der Waals surface area (Å²) in [5.41, 5.74) is 0.176. The van der Waals surface area contributed by atoms with E-state index in [1.807, 2.05) is 4.90 Å². The lowest BCUT2D eigenvalue weighted by Crippen LogP contribution is -3.24. The van der Waals surface area contributed by atoms with Crippen LogP contribution in [0.3, 0.4) is 0 Å². The average molecular weight is 345 g/mol. The molecule has 1 aliphatic carbocycles. The van der Waals surface area contributed by atoms with Crippen LogP contribution in [0.1, 0.15) is 74.6 Å². The largest absolute Gasteiger partial charge is 0.349 e. The third-order valence-electron chi connectivity index (χ3n) is 6.72. The van der Waals surface area contributed by atoms with Crippen LogP contribution >= 0.6 is 0 Å². The number of halogens is 1. The number of carbonyl (C=O) groups excluding carboxylic acids is 1. The van der Waals surface area contributed by atoms with E-state index in [1.54, 1.807) is 18.2 Å². The van der Waals surface area contributed by atoms with Crippen molar-refractivity contribution in [3.63, 3.8) is 0 Å². The van der Waals surface area contributed by atoms with Crippen molar-refractivity contribution >= 4 is 5.91 Å². The van der Waals surface area contributed by atoms with Gasteiger partial charge in [-0.3, -0.25) is 4.79 Å². The van der Waals surface area contributed by atoms with Crippen molar-refractivity contribution in [2.75, 3.05) is 0 Å². The van der Waals surface area contributed by atoms with E-state index >= 15 is 0 Å². The van der Waals surface area contributed by atoms with Crippen molar-refractivity contribution in [3.8, 4) is 0 Å². The molecule has 1 amide bonds. The highest BCUT2D eigenvalue weighted by Crippen LogP contribution is 2.26. The Labute approximate surface area is 150 Å². The van der Waals surface area contributed by atoms with Gasteiger partial charge in [-0.15, -0.1) is 0 Å². The van der Waals surface area contributed by atoms with Gasteiger partial charge in [0.1, 0.15) is 5.82 Å². The van der Waals surface area contributed by atoms with Gasteiger partial charge in [-0.1, -0.05) is 18.6 Å². The molecule has 2 atom stereocenters. The van der Waals surface area contributed by atoms with E-state index < -0.39 is 5.82 Å². The average Bonchev–Trinajstić information content (AvgIpc) is 2.62. The molecule has 0 unspecified atom stereocenters. The second-order valence-electron chi connectivity index (χ2n) is 8.28. The fraction of sp³-hybridized carbons (Fsp3) is 0.667. The summed E-state index contributed by atoms with van der Waals surface area (Å²) in [5, 5.41) is 3.14. The lowest BCUT2D eigenvalue weighted by molar-refractivity contribution is -0.984. The normalized spacial score (nSPS) is 33.0. The van der Waals surface area contributed by atoms with Crippen molar-refractivity contribution in [2.45, 2.75) is 88.4 Å². The van der Waals surface area contributed by atoms with Gasteiger partial charge in [0.15, 0.2) is 0 Å². The Morgan fingerprint density at radius 2 is 1.56 bits per heavy atom. The van der Waals surface area contributed by atoms with Gasteiger partial charge in [-0.2, -0.15) is 0 Å². The van der Waals surface area contributed by atoms with E-state index in [2.05, 4.69) is 5.32 Å². The fourth-order valence-corrected chi connectivity index (χ4v) is 5.70. The zero-order valence-corrected chi connectivity index (χ0v) is 15.0. The van der Waals surface area contributed by atoms with Gasteiger partial charge in [0.2, 0.25) is 0 Å². The number of nitrogens with one attached hydrogen (secondary N) is 2. The molecule has 2 aliphatic heterocycles. The van der Waals surface area contributed by atoms with Crippen LogP contribution in [-0.4, -0.2) is 30.1 Å². The zero-order valence-electron chi connectivity index (χ0n) is 15.0. The number of fused-ring (bicyclic) bond motifs is 2. The Morgan fingerprint density at radius 3 is 2.24 bits per heavy atom. The fourth-order valence-electron chi connectivity index (χ4n) is 5.70. The molecule has 0 radical (unpaired) electrons. The van der Waals surface area contributed by atoms with Gasteiger partial charge < -0.3 is 10.2 Å². The molecule has 3 aliphatic rings. The molecule has 2 N–H and O–H groups in total. The SMILES string of the molecule is O=C(NC1C[C@H]2CCC[C@H](C1)[NH+]2C1CCCCC1)c1ccccc1F. The number of amides is 1. The molecule has 136 valence electrons. The number of hydrogen-bond acceptors (Lipinski definition) is 1. The van der Waals surface area contributed by atoms with Crippen molar-refractivity contribution in [2.24, 2.45) is 0 Å². The minimum atomic E-state index is -0.425. The molecule has 0 aromatic heterocycles. The Balaban J connectivity index is 1.43. The van der Waals surface area contributed by atoms with Crippen LogP contribution in [0.15, 0.2) is 24.3 Å². The minimum Gasteiger partial charge on any atom is -0.349 e. The third kappa shape index (κ3) is 3.59.